The molecule has 6 nitrogen and oxygen atoms in total. The summed E-state index contributed by atoms with van der Waals surface area (Å²) in [7, 11) is 3.12. The molecule has 1 aromatic carbocycles. The Morgan fingerprint density at radius 2 is 2.06 bits per heavy atom. The van der Waals surface area contributed by atoms with Crippen molar-refractivity contribution in [2.45, 2.75) is 13.5 Å². The molecule has 0 aliphatic rings. The fourth-order valence-corrected chi connectivity index (χ4v) is 1.44. The molecule has 2 N–H and O–H groups in total. The second-order valence-corrected chi connectivity index (χ2v) is 3.50. The molecular formula is C12H18N2O4. The Labute approximate surface area is 106 Å². The average Bonchev–Trinajstić information content (AvgIpc) is 2.39. The first-order chi connectivity index (χ1) is 8.62. The molecule has 6 heteroatoms. The van der Waals surface area contributed by atoms with Gasteiger partial charge in [-0.1, -0.05) is 0 Å². The first-order valence-corrected chi connectivity index (χ1v) is 5.52. The van der Waals surface area contributed by atoms with Crippen LogP contribution in [-0.4, -0.2) is 31.9 Å². The first-order valence-electron chi connectivity index (χ1n) is 5.52. The topological polar surface area (TPSA) is 74.0 Å². The first kappa shape index (κ1) is 14.1. The molecule has 0 saturated carbocycles. The number of nitrogens with two attached hydrogens (primary N) is 1. The number of benzene rings is 1. The van der Waals surface area contributed by atoms with Crippen molar-refractivity contribution in [2.75, 3.05) is 20.8 Å². The summed E-state index contributed by atoms with van der Waals surface area (Å²) in [6.45, 7) is 2.21. The molecule has 0 radical (unpaired) electrons. The van der Waals surface area contributed by atoms with Gasteiger partial charge in [0.1, 0.15) is 11.5 Å². The molecule has 0 atom stereocenters. The van der Waals surface area contributed by atoms with Crippen LogP contribution in [0.1, 0.15) is 12.5 Å². The van der Waals surface area contributed by atoms with Crippen molar-refractivity contribution in [3.05, 3.63) is 23.8 Å². The molecule has 0 heterocycles. The number of methoxy groups -OCH3 is 2. The van der Waals surface area contributed by atoms with Gasteiger partial charge in [-0.2, -0.15) is 0 Å². The molecule has 1 aromatic rings. The Hall–Kier alpha value is -1.95. The van der Waals surface area contributed by atoms with Gasteiger partial charge < -0.3 is 14.2 Å². The molecule has 0 saturated heterocycles. The van der Waals surface area contributed by atoms with Gasteiger partial charge in [-0.25, -0.2) is 15.6 Å². The summed E-state index contributed by atoms with van der Waals surface area (Å²) in [6.07, 6.45) is -0.574. The van der Waals surface area contributed by atoms with E-state index in [9.17, 15) is 4.79 Å². The van der Waals surface area contributed by atoms with Gasteiger partial charge in [-0.05, 0) is 19.1 Å². The summed E-state index contributed by atoms with van der Waals surface area (Å²) in [5.41, 5.74) is 0.772. The third-order valence-electron chi connectivity index (χ3n) is 2.34. The summed E-state index contributed by atoms with van der Waals surface area (Å²) >= 11 is 0. The summed E-state index contributed by atoms with van der Waals surface area (Å²) in [5, 5.41) is 0.994. The number of hydrogen-bond acceptors (Lipinski definition) is 5. The Morgan fingerprint density at radius 3 is 2.61 bits per heavy atom. The van der Waals surface area contributed by atoms with Gasteiger partial charge in [0.2, 0.25) is 0 Å². The Kier molecular flexibility index (Phi) is 5.26. The van der Waals surface area contributed by atoms with E-state index < -0.39 is 6.09 Å². The number of nitrogens with zero attached hydrogens (tertiary/aromatic N) is 1. The van der Waals surface area contributed by atoms with E-state index in [2.05, 4.69) is 0 Å². The second-order valence-electron chi connectivity index (χ2n) is 3.50. The average molecular weight is 254 g/mol. The van der Waals surface area contributed by atoms with Crippen LogP contribution in [0.15, 0.2) is 18.2 Å². The van der Waals surface area contributed by atoms with E-state index in [-0.39, 0.29) is 13.2 Å². The lowest BCUT2D eigenvalue weighted by Crippen LogP contribution is -2.37. The molecule has 1 amide bonds. The number of amides is 1. The molecule has 0 spiro atoms. The van der Waals surface area contributed by atoms with Crippen LogP contribution in [-0.2, 0) is 11.3 Å². The maximum absolute atomic E-state index is 11.4. The smallest absolute Gasteiger partial charge is 0.424 e. The lowest BCUT2D eigenvalue weighted by atomic mass is 10.2. The number of carbonyl (C=O) groups is 1. The minimum Gasteiger partial charge on any atom is -0.497 e. The van der Waals surface area contributed by atoms with Gasteiger partial charge in [0, 0.05) is 11.6 Å². The van der Waals surface area contributed by atoms with E-state index >= 15 is 0 Å². The summed E-state index contributed by atoms with van der Waals surface area (Å²) in [6, 6.07) is 5.29. The van der Waals surface area contributed by atoms with Crippen LogP contribution < -0.4 is 15.3 Å². The monoisotopic (exact) mass is 254 g/mol. The van der Waals surface area contributed by atoms with E-state index in [1.54, 1.807) is 39.3 Å². The molecule has 0 aliphatic carbocycles. The maximum Gasteiger partial charge on any atom is 0.424 e. The zero-order chi connectivity index (χ0) is 13.5. The third kappa shape index (κ3) is 3.53. The highest BCUT2D eigenvalue weighted by Gasteiger charge is 2.13. The van der Waals surface area contributed by atoms with E-state index in [0.717, 1.165) is 10.6 Å². The van der Waals surface area contributed by atoms with Gasteiger partial charge >= 0.3 is 6.09 Å². The molecule has 0 fully saturated rings. The minimum atomic E-state index is -0.574. The van der Waals surface area contributed by atoms with Gasteiger partial charge in [-0.3, -0.25) is 0 Å². The number of carbonyl (C=O) groups excluding carboxylic acids is 1. The van der Waals surface area contributed by atoms with Crippen molar-refractivity contribution in [1.29, 1.82) is 0 Å². The lowest BCUT2D eigenvalue weighted by molar-refractivity contribution is 0.104. The number of rotatable bonds is 5. The molecular weight excluding hydrogens is 236 g/mol. The van der Waals surface area contributed by atoms with Gasteiger partial charge in [-0.15, -0.1) is 0 Å². The normalized spacial score (nSPS) is 9.78. The number of ether oxygens (including phenoxy) is 3. The fraction of sp³-hybridized carbons (Fsp3) is 0.417. The van der Waals surface area contributed by atoms with Crippen LogP contribution in [0.5, 0.6) is 11.5 Å². The van der Waals surface area contributed by atoms with Gasteiger partial charge in [0.25, 0.3) is 0 Å². The van der Waals surface area contributed by atoms with Gasteiger partial charge in [0.05, 0.1) is 27.4 Å². The number of hydrogen-bond donors (Lipinski definition) is 1. The van der Waals surface area contributed by atoms with Crippen molar-refractivity contribution >= 4 is 6.09 Å². The quantitative estimate of drug-likeness (QED) is 0.490. The zero-order valence-electron chi connectivity index (χ0n) is 10.8. The van der Waals surface area contributed by atoms with E-state index in [0.29, 0.717) is 11.5 Å². The molecule has 0 unspecified atom stereocenters. The standard InChI is InChI=1S/C12H18N2O4/c1-4-18-12(15)14(13)8-9-5-6-10(16-2)7-11(9)17-3/h5-7H,4,8,13H2,1-3H3. The lowest BCUT2D eigenvalue weighted by Gasteiger charge is -2.17. The van der Waals surface area contributed by atoms with Crippen molar-refractivity contribution in [3.8, 4) is 11.5 Å². The van der Waals surface area contributed by atoms with Crippen molar-refractivity contribution < 1.29 is 19.0 Å². The molecule has 100 valence electrons. The number of hydrazine groups is 1. The molecule has 0 bridgehead atoms. The van der Waals surface area contributed by atoms with Crippen molar-refractivity contribution in [2.24, 2.45) is 5.84 Å². The van der Waals surface area contributed by atoms with Crippen LogP contribution in [0.2, 0.25) is 0 Å². The van der Waals surface area contributed by atoms with Crippen LogP contribution >= 0.6 is 0 Å². The molecule has 0 aromatic heterocycles. The highest BCUT2D eigenvalue weighted by Crippen LogP contribution is 2.25. The maximum atomic E-state index is 11.4. The third-order valence-corrected chi connectivity index (χ3v) is 2.34. The van der Waals surface area contributed by atoms with Crippen LogP contribution in [0.25, 0.3) is 0 Å². The second kappa shape index (κ2) is 6.70. The van der Waals surface area contributed by atoms with Crippen molar-refractivity contribution in [1.82, 2.24) is 5.01 Å². The Balaban J connectivity index is 2.80. The highest BCUT2D eigenvalue weighted by atomic mass is 16.6. The van der Waals surface area contributed by atoms with Crippen LogP contribution in [0, 0.1) is 0 Å². The van der Waals surface area contributed by atoms with Crippen LogP contribution in [0.3, 0.4) is 0 Å². The minimum absolute atomic E-state index is 0.200. The predicted molar refractivity (Wildman–Crippen MR) is 66.3 cm³/mol. The zero-order valence-corrected chi connectivity index (χ0v) is 10.8. The summed E-state index contributed by atoms with van der Waals surface area (Å²) < 4.78 is 15.1. The van der Waals surface area contributed by atoms with E-state index in [1.165, 1.54) is 0 Å². The van der Waals surface area contributed by atoms with E-state index in [1.807, 2.05) is 0 Å². The molecule has 18 heavy (non-hydrogen) atoms. The van der Waals surface area contributed by atoms with Crippen molar-refractivity contribution in [3.63, 3.8) is 0 Å². The predicted octanol–water partition coefficient (Wildman–Crippen LogP) is 1.54. The largest absolute Gasteiger partial charge is 0.497 e. The summed E-state index contributed by atoms with van der Waals surface area (Å²) in [5.74, 6) is 6.88. The van der Waals surface area contributed by atoms with Gasteiger partial charge in [0.15, 0.2) is 0 Å². The molecule has 0 aliphatic heterocycles. The SMILES string of the molecule is CCOC(=O)N(N)Cc1ccc(OC)cc1OC. The molecule has 1 rings (SSSR count). The summed E-state index contributed by atoms with van der Waals surface area (Å²) in [4.78, 5) is 11.4. The Morgan fingerprint density at radius 1 is 1.33 bits per heavy atom. The van der Waals surface area contributed by atoms with E-state index in [4.69, 9.17) is 20.1 Å². The Bertz CT molecular complexity index is 409. The van der Waals surface area contributed by atoms with Crippen LogP contribution in [0.4, 0.5) is 4.79 Å². The fourth-order valence-electron chi connectivity index (χ4n) is 1.44. The highest BCUT2D eigenvalue weighted by molar-refractivity contribution is 5.67.